The van der Waals surface area contributed by atoms with Gasteiger partial charge in [0.15, 0.2) is 11.5 Å². The Labute approximate surface area is 92.8 Å². The lowest BCUT2D eigenvalue weighted by Crippen LogP contribution is -2.16. The van der Waals surface area contributed by atoms with Gasteiger partial charge in [0.2, 0.25) is 6.79 Å². The highest BCUT2D eigenvalue weighted by Crippen LogP contribution is 2.38. The van der Waals surface area contributed by atoms with E-state index >= 15 is 0 Å². The van der Waals surface area contributed by atoms with Crippen LogP contribution in [-0.4, -0.2) is 25.5 Å². The van der Waals surface area contributed by atoms with Gasteiger partial charge in [-0.1, -0.05) is 11.6 Å². The summed E-state index contributed by atoms with van der Waals surface area (Å²) < 4.78 is 10.4. The van der Waals surface area contributed by atoms with Gasteiger partial charge in [-0.3, -0.25) is 0 Å². The van der Waals surface area contributed by atoms with Crippen LogP contribution in [0.4, 0.5) is 0 Å². The average molecular weight is 230 g/mol. The van der Waals surface area contributed by atoms with Gasteiger partial charge < -0.3 is 19.9 Å². The molecule has 1 atom stereocenters. The number of halogens is 1. The molecule has 0 saturated heterocycles. The van der Waals surface area contributed by atoms with Crippen LogP contribution < -0.4 is 14.8 Å². The molecule has 0 spiro atoms. The quantitative estimate of drug-likeness (QED) is 0.821. The summed E-state index contributed by atoms with van der Waals surface area (Å²) in [5.74, 6) is 1.25. The monoisotopic (exact) mass is 229 g/mol. The molecule has 1 aliphatic heterocycles. The molecule has 2 rings (SSSR count). The van der Waals surface area contributed by atoms with Gasteiger partial charge in [-0.15, -0.1) is 0 Å². The Hall–Kier alpha value is -0.970. The summed E-state index contributed by atoms with van der Waals surface area (Å²) >= 11 is 6.02. The SMILES string of the molecule is CNCC(O)c1cc2c(cc1Cl)OCO2. The minimum atomic E-state index is -0.642. The molecule has 4 nitrogen and oxygen atoms in total. The molecule has 0 aromatic heterocycles. The molecule has 5 heteroatoms. The normalized spacial score (nSPS) is 15.4. The largest absolute Gasteiger partial charge is 0.454 e. The van der Waals surface area contributed by atoms with Gasteiger partial charge in [0.05, 0.1) is 11.1 Å². The van der Waals surface area contributed by atoms with E-state index in [-0.39, 0.29) is 6.79 Å². The highest BCUT2D eigenvalue weighted by molar-refractivity contribution is 6.31. The minimum Gasteiger partial charge on any atom is -0.454 e. The predicted molar refractivity (Wildman–Crippen MR) is 56.5 cm³/mol. The maximum atomic E-state index is 9.79. The Kier molecular flexibility index (Phi) is 3.00. The van der Waals surface area contributed by atoms with Crippen molar-refractivity contribution in [1.29, 1.82) is 0 Å². The van der Waals surface area contributed by atoms with Crippen LogP contribution in [0.5, 0.6) is 11.5 Å². The van der Waals surface area contributed by atoms with E-state index in [4.69, 9.17) is 21.1 Å². The van der Waals surface area contributed by atoms with E-state index < -0.39 is 6.10 Å². The molecule has 1 aliphatic rings. The van der Waals surface area contributed by atoms with Gasteiger partial charge in [0, 0.05) is 18.2 Å². The van der Waals surface area contributed by atoms with Crippen molar-refractivity contribution in [1.82, 2.24) is 5.32 Å². The van der Waals surface area contributed by atoms with Crippen molar-refractivity contribution < 1.29 is 14.6 Å². The van der Waals surface area contributed by atoms with Crippen molar-refractivity contribution in [3.05, 3.63) is 22.7 Å². The number of hydrogen-bond acceptors (Lipinski definition) is 4. The maximum absolute atomic E-state index is 9.79. The van der Waals surface area contributed by atoms with Gasteiger partial charge in [-0.2, -0.15) is 0 Å². The first-order valence-corrected chi connectivity index (χ1v) is 5.02. The zero-order chi connectivity index (χ0) is 10.8. The van der Waals surface area contributed by atoms with Crippen LogP contribution in [0.1, 0.15) is 11.7 Å². The molecule has 0 saturated carbocycles. The van der Waals surface area contributed by atoms with E-state index in [2.05, 4.69) is 5.32 Å². The lowest BCUT2D eigenvalue weighted by molar-refractivity contribution is 0.171. The van der Waals surface area contributed by atoms with Gasteiger partial charge in [-0.25, -0.2) is 0 Å². The summed E-state index contributed by atoms with van der Waals surface area (Å²) in [6, 6.07) is 3.38. The van der Waals surface area contributed by atoms with Crippen LogP contribution in [0.25, 0.3) is 0 Å². The molecule has 0 fully saturated rings. The van der Waals surface area contributed by atoms with Crippen molar-refractivity contribution >= 4 is 11.6 Å². The van der Waals surface area contributed by atoms with Gasteiger partial charge in [-0.05, 0) is 13.1 Å². The summed E-state index contributed by atoms with van der Waals surface area (Å²) in [7, 11) is 1.77. The topological polar surface area (TPSA) is 50.7 Å². The van der Waals surface area contributed by atoms with Gasteiger partial charge in [0.1, 0.15) is 0 Å². The Morgan fingerprint density at radius 2 is 2.13 bits per heavy atom. The number of hydrogen-bond donors (Lipinski definition) is 2. The number of fused-ring (bicyclic) bond motifs is 1. The standard InChI is InChI=1S/C10H12ClNO3/c1-12-4-8(13)6-2-9-10(3-7(6)11)15-5-14-9/h2-3,8,12-13H,4-5H2,1H3. The third kappa shape index (κ3) is 2.02. The Morgan fingerprint density at radius 1 is 1.47 bits per heavy atom. The molecule has 0 bridgehead atoms. The summed E-state index contributed by atoms with van der Waals surface area (Å²) in [5.41, 5.74) is 0.648. The van der Waals surface area contributed by atoms with Crippen molar-refractivity contribution in [3.63, 3.8) is 0 Å². The first-order valence-electron chi connectivity index (χ1n) is 4.64. The molecule has 1 aromatic carbocycles. The zero-order valence-corrected chi connectivity index (χ0v) is 9.04. The molecule has 0 aliphatic carbocycles. The molecule has 1 unspecified atom stereocenters. The fourth-order valence-corrected chi connectivity index (χ4v) is 1.77. The third-order valence-corrected chi connectivity index (χ3v) is 2.58. The van der Waals surface area contributed by atoms with Crippen molar-refractivity contribution in [3.8, 4) is 11.5 Å². The predicted octanol–water partition coefficient (Wildman–Crippen LogP) is 1.32. The lowest BCUT2D eigenvalue weighted by atomic mass is 10.1. The van der Waals surface area contributed by atoms with Crippen LogP contribution in [-0.2, 0) is 0 Å². The number of ether oxygens (including phenoxy) is 2. The Balaban J connectivity index is 2.31. The zero-order valence-electron chi connectivity index (χ0n) is 8.29. The second kappa shape index (κ2) is 4.26. The molecule has 15 heavy (non-hydrogen) atoms. The second-order valence-corrected chi connectivity index (χ2v) is 3.71. The Bertz CT molecular complexity index is 370. The highest BCUT2D eigenvalue weighted by Gasteiger charge is 2.19. The first kappa shape index (κ1) is 10.5. The van der Waals surface area contributed by atoms with Crippen LogP contribution in [0.2, 0.25) is 5.02 Å². The molecule has 1 aromatic rings. The molecular formula is C10H12ClNO3. The van der Waals surface area contributed by atoms with Crippen LogP contribution in [0.15, 0.2) is 12.1 Å². The molecule has 82 valence electrons. The highest BCUT2D eigenvalue weighted by atomic mass is 35.5. The number of aliphatic hydroxyl groups is 1. The summed E-state index contributed by atoms with van der Waals surface area (Å²) in [5, 5.41) is 13.2. The fourth-order valence-electron chi connectivity index (χ4n) is 1.49. The summed E-state index contributed by atoms with van der Waals surface area (Å²) in [4.78, 5) is 0. The second-order valence-electron chi connectivity index (χ2n) is 3.30. The number of benzene rings is 1. The van der Waals surface area contributed by atoms with Crippen LogP contribution in [0, 0.1) is 0 Å². The van der Waals surface area contributed by atoms with E-state index in [1.165, 1.54) is 0 Å². The van der Waals surface area contributed by atoms with Crippen LogP contribution in [0.3, 0.4) is 0 Å². The van der Waals surface area contributed by atoms with Crippen molar-refractivity contribution in [2.75, 3.05) is 20.4 Å². The number of aliphatic hydroxyl groups excluding tert-OH is 1. The fraction of sp³-hybridized carbons (Fsp3) is 0.400. The molecule has 2 N–H and O–H groups in total. The minimum absolute atomic E-state index is 0.206. The van der Waals surface area contributed by atoms with Gasteiger partial charge >= 0.3 is 0 Å². The summed E-state index contributed by atoms with van der Waals surface area (Å²) in [6.07, 6.45) is -0.642. The molecule has 0 amide bonds. The first-order chi connectivity index (χ1) is 7.22. The number of likely N-dealkylation sites (N-methyl/N-ethyl adjacent to an activating group) is 1. The smallest absolute Gasteiger partial charge is 0.231 e. The third-order valence-electron chi connectivity index (χ3n) is 2.25. The van der Waals surface area contributed by atoms with Crippen molar-refractivity contribution in [2.45, 2.75) is 6.10 Å². The van der Waals surface area contributed by atoms with E-state index in [0.29, 0.717) is 28.6 Å². The average Bonchev–Trinajstić information content (AvgIpc) is 2.63. The lowest BCUT2D eigenvalue weighted by Gasteiger charge is -2.12. The van der Waals surface area contributed by atoms with Crippen LogP contribution >= 0.6 is 11.6 Å². The molecule has 1 heterocycles. The van der Waals surface area contributed by atoms with E-state index in [1.54, 1.807) is 19.2 Å². The Morgan fingerprint density at radius 3 is 2.80 bits per heavy atom. The number of nitrogens with one attached hydrogen (secondary N) is 1. The van der Waals surface area contributed by atoms with Crippen molar-refractivity contribution in [2.24, 2.45) is 0 Å². The maximum Gasteiger partial charge on any atom is 0.231 e. The van der Waals surface area contributed by atoms with E-state index in [0.717, 1.165) is 0 Å². The number of rotatable bonds is 3. The van der Waals surface area contributed by atoms with E-state index in [9.17, 15) is 5.11 Å². The molecule has 0 radical (unpaired) electrons. The summed E-state index contributed by atoms with van der Waals surface area (Å²) in [6.45, 7) is 0.649. The molecular weight excluding hydrogens is 218 g/mol. The van der Waals surface area contributed by atoms with E-state index in [1.807, 2.05) is 0 Å². The van der Waals surface area contributed by atoms with Gasteiger partial charge in [0.25, 0.3) is 0 Å².